The first kappa shape index (κ1) is 10.2. The van der Waals surface area contributed by atoms with Gasteiger partial charge in [0.15, 0.2) is 0 Å². The highest BCUT2D eigenvalue weighted by Gasteiger charge is 2.00. The first-order chi connectivity index (χ1) is 6.24. The lowest BCUT2D eigenvalue weighted by atomic mass is 10.2. The van der Waals surface area contributed by atoms with Crippen LogP contribution in [0.5, 0.6) is 0 Å². The highest BCUT2D eigenvalue weighted by atomic mass is 35.5. The Morgan fingerprint density at radius 2 is 2.00 bits per heavy atom. The van der Waals surface area contributed by atoms with Crippen molar-refractivity contribution >= 4 is 16.8 Å². The Hall–Kier alpha value is -0.900. The van der Waals surface area contributed by atoms with Crippen LogP contribution < -0.4 is 0 Å². The molecule has 0 saturated carbocycles. The number of rotatable bonds is 4. The Morgan fingerprint density at radius 3 is 2.46 bits per heavy atom. The van der Waals surface area contributed by atoms with Gasteiger partial charge in [-0.1, -0.05) is 12.1 Å². The van der Waals surface area contributed by atoms with Gasteiger partial charge >= 0.3 is 0 Å². The van der Waals surface area contributed by atoms with E-state index in [4.69, 9.17) is 16.5 Å². The van der Waals surface area contributed by atoms with E-state index in [1.807, 2.05) is 0 Å². The van der Waals surface area contributed by atoms with Crippen molar-refractivity contribution in [1.29, 1.82) is 0 Å². The van der Waals surface area contributed by atoms with Crippen LogP contribution in [-0.4, -0.2) is 12.4 Å². The van der Waals surface area contributed by atoms with E-state index in [-0.39, 0.29) is 0 Å². The summed E-state index contributed by atoms with van der Waals surface area (Å²) in [4.78, 5) is 19.8. The Balaban J connectivity index is 2.64. The zero-order valence-electron chi connectivity index (χ0n) is 7.12. The molecule has 0 heterocycles. The Kier molecular flexibility index (Phi) is 3.89. The molecule has 0 bridgehead atoms. The standard InChI is InChI=1S/C9H9ClO3/c1-12-13-6-7-2-4-8(5-3-7)9(10)11/h2-5H,6H2,1H3. The van der Waals surface area contributed by atoms with Crippen LogP contribution in [-0.2, 0) is 16.4 Å². The molecule has 0 aliphatic carbocycles. The fourth-order valence-corrected chi connectivity index (χ4v) is 0.985. The smallest absolute Gasteiger partial charge is 0.252 e. The lowest BCUT2D eigenvalue weighted by molar-refractivity contribution is -0.282. The molecular formula is C9H9ClO3. The van der Waals surface area contributed by atoms with E-state index in [1.54, 1.807) is 24.3 Å². The molecule has 0 aliphatic heterocycles. The maximum absolute atomic E-state index is 10.7. The summed E-state index contributed by atoms with van der Waals surface area (Å²) in [5.74, 6) is 0. The van der Waals surface area contributed by atoms with E-state index in [9.17, 15) is 4.79 Å². The van der Waals surface area contributed by atoms with Crippen LogP contribution in [0.25, 0.3) is 0 Å². The Morgan fingerprint density at radius 1 is 1.38 bits per heavy atom. The van der Waals surface area contributed by atoms with Gasteiger partial charge in [-0.2, -0.15) is 0 Å². The molecule has 0 spiro atoms. The molecular weight excluding hydrogens is 192 g/mol. The van der Waals surface area contributed by atoms with Gasteiger partial charge in [0.05, 0.1) is 7.11 Å². The van der Waals surface area contributed by atoms with Crippen LogP contribution in [0.1, 0.15) is 15.9 Å². The highest BCUT2D eigenvalue weighted by Crippen LogP contribution is 2.07. The minimum absolute atomic E-state index is 0.354. The van der Waals surface area contributed by atoms with E-state index in [0.717, 1.165) is 5.56 Å². The molecule has 0 saturated heterocycles. The van der Waals surface area contributed by atoms with Crippen molar-refractivity contribution in [2.75, 3.05) is 7.11 Å². The third kappa shape index (κ3) is 3.14. The summed E-state index contributed by atoms with van der Waals surface area (Å²) >= 11 is 5.27. The first-order valence-electron chi connectivity index (χ1n) is 3.68. The molecule has 0 N–H and O–H groups in total. The molecule has 4 heteroatoms. The molecule has 0 fully saturated rings. The van der Waals surface area contributed by atoms with Crippen molar-refractivity contribution in [3.8, 4) is 0 Å². The number of carbonyl (C=O) groups excluding carboxylic acids is 1. The second-order valence-corrected chi connectivity index (χ2v) is 2.74. The van der Waals surface area contributed by atoms with Crippen molar-refractivity contribution in [1.82, 2.24) is 0 Å². The fourth-order valence-electron chi connectivity index (χ4n) is 0.859. The Bertz CT molecular complexity index is 281. The van der Waals surface area contributed by atoms with Crippen molar-refractivity contribution in [2.24, 2.45) is 0 Å². The summed E-state index contributed by atoms with van der Waals surface area (Å²) in [7, 11) is 1.44. The van der Waals surface area contributed by atoms with Crippen molar-refractivity contribution in [3.05, 3.63) is 35.4 Å². The van der Waals surface area contributed by atoms with Gasteiger partial charge in [0.2, 0.25) is 0 Å². The third-order valence-corrected chi connectivity index (χ3v) is 1.74. The minimum Gasteiger partial charge on any atom is -0.276 e. The van der Waals surface area contributed by atoms with Crippen LogP contribution in [0.2, 0.25) is 0 Å². The van der Waals surface area contributed by atoms with E-state index in [0.29, 0.717) is 12.2 Å². The number of hydrogen-bond donors (Lipinski definition) is 0. The van der Waals surface area contributed by atoms with Crippen molar-refractivity contribution in [2.45, 2.75) is 6.61 Å². The average molecular weight is 201 g/mol. The SMILES string of the molecule is COOCc1ccc(C(=O)Cl)cc1. The summed E-state index contributed by atoms with van der Waals surface area (Å²) in [5.41, 5.74) is 1.39. The highest BCUT2D eigenvalue weighted by molar-refractivity contribution is 6.67. The molecule has 0 amide bonds. The molecule has 0 aromatic heterocycles. The zero-order valence-corrected chi connectivity index (χ0v) is 7.88. The predicted octanol–water partition coefficient (Wildman–Crippen LogP) is 2.14. The van der Waals surface area contributed by atoms with Gasteiger partial charge in [0.1, 0.15) is 6.61 Å². The number of hydrogen-bond acceptors (Lipinski definition) is 3. The van der Waals surface area contributed by atoms with Crippen LogP contribution in [0, 0.1) is 0 Å². The number of carbonyl (C=O) groups is 1. The Labute approximate surface area is 81.1 Å². The summed E-state index contributed by atoms with van der Waals surface area (Å²) < 4.78 is 0. The summed E-state index contributed by atoms with van der Waals surface area (Å²) in [6, 6.07) is 6.80. The van der Waals surface area contributed by atoms with Gasteiger partial charge in [-0.25, -0.2) is 9.78 Å². The first-order valence-corrected chi connectivity index (χ1v) is 4.06. The third-order valence-electron chi connectivity index (χ3n) is 1.52. The largest absolute Gasteiger partial charge is 0.276 e. The van der Waals surface area contributed by atoms with Gasteiger partial charge in [-0.05, 0) is 29.3 Å². The van der Waals surface area contributed by atoms with E-state index in [1.165, 1.54) is 7.11 Å². The molecule has 1 aromatic carbocycles. The van der Waals surface area contributed by atoms with Gasteiger partial charge in [0.25, 0.3) is 5.24 Å². The molecule has 0 aliphatic rings. The fraction of sp³-hybridized carbons (Fsp3) is 0.222. The molecule has 0 atom stereocenters. The minimum atomic E-state index is -0.459. The number of benzene rings is 1. The van der Waals surface area contributed by atoms with Gasteiger partial charge < -0.3 is 0 Å². The van der Waals surface area contributed by atoms with Gasteiger partial charge in [0, 0.05) is 5.56 Å². The van der Waals surface area contributed by atoms with Crippen LogP contribution in [0.3, 0.4) is 0 Å². The van der Waals surface area contributed by atoms with Crippen molar-refractivity contribution < 1.29 is 14.6 Å². The lowest BCUT2D eigenvalue weighted by Gasteiger charge is -2.00. The monoisotopic (exact) mass is 200 g/mol. The summed E-state index contributed by atoms with van der Waals surface area (Å²) in [6.45, 7) is 0.354. The van der Waals surface area contributed by atoms with Crippen LogP contribution >= 0.6 is 11.6 Å². The molecule has 0 radical (unpaired) electrons. The van der Waals surface area contributed by atoms with Crippen molar-refractivity contribution in [3.63, 3.8) is 0 Å². The topological polar surface area (TPSA) is 35.5 Å². The molecule has 13 heavy (non-hydrogen) atoms. The molecule has 0 unspecified atom stereocenters. The quantitative estimate of drug-likeness (QED) is 0.425. The second kappa shape index (κ2) is 4.97. The molecule has 70 valence electrons. The normalized spacial score (nSPS) is 10.0. The van der Waals surface area contributed by atoms with E-state index in [2.05, 4.69) is 4.89 Å². The average Bonchev–Trinajstić information content (AvgIpc) is 2.15. The molecule has 3 nitrogen and oxygen atoms in total. The second-order valence-electron chi connectivity index (χ2n) is 2.40. The maximum Gasteiger partial charge on any atom is 0.252 e. The van der Waals surface area contributed by atoms with Gasteiger partial charge in [-0.3, -0.25) is 4.79 Å². The predicted molar refractivity (Wildman–Crippen MR) is 48.4 cm³/mol. The van der Waals surface area contributed by atoms with E-state index < -0.39 is 5.24 Å². The summed E-state index contributed by atoms with van der Waals surface area (Å²) in [6.07, 6.45) is 0. The van der Waals surface area contributed by atoms with E-state index >= 15 is 0 Å². The maximum atomic E-state index is 10.7. The lowest BCUT2D eigenvalue weighted by Crippen LogP contribution is -1.93. The zero-order chi connectivity index (χ0) is 9.68. The van der Waals surface area contributed by atoms with Crippen LogP contribution in [0.4, 0.5) is 0 Å². The van der Waals surface area contributed by atoms with Gasteiger partial charge in [-0.15, -0.1) is 0 Å². The molecule has 1 aromatic rings. The number of halogens is 1. The van der Waals surface area contributed by atoms with Crippen LogP contribution in [0.15, 0.2) is 24.3 Å². The molecule has 1 rings (SSSR count). The summed E-state index contributed by atoms with van der Waals surface area (Å²) in [5, 5.41) is -0.459.